The van der Waals surface area contributed by atoms with E-state index in [1.165, 1.54) is 23.0 Å². The Kier molecular flexibility index (Phi) is 7.61. The number of amides is 1. The first kappa shape index (κ1) is 25.7. The summed E-state index contributed by atoms with van der Waals surface area (Å²) in [5, 5.41) is 11.7. The highest BCUT2D eigenvalue weighted by atomic mass is 32.1. The van der Waals surface area contributed by atoms with Crippen LogP contribution in [0.4, 0.5) is 4.79 Å². The van der Waals surface area contributed by atoms with E-state index < -0.39 is 5.60 Å². The molecule has 3 aromatic rings. The van der Waals surface area contributed by atoms with Gasteiger partial charge in [-0.1, -0.05) is 18.2 Å². The lowest BCUT2D eigenvalue weighted by atomic mass is 9.93. The number of fused-ring (bicyclic) bond motifs is 1. The van der Waals surface area contributed by atoms with E-state index in [1.54, 1.807) is 34.2 Å². The number of ether oxygens (including phenoxy) is 2. The van der Waals surface area contributed by atoms with Crippen LogP contribution in [0.25, 0.3) is 11.8 Å². The van der Waals surface area contributed by atoms with Gasteiger partial charge in [-0.3, -0.25) is 9.36 Å². The fraction of sp³-hybridized carbons (Fsp3) is 0.370. The summed E-state index contributed by atoms with van der Waals surface area (Å²) < 4.78 is 12.8. The van der Waals surface area contributed by atoms with Crippen molar-refractivity contribution in [2.75, 3.05) is 7.05 Å². The van der Waals surface area contributed by atoms with Crippen molar-refractivity contribution in [1.29, 1.82) is 0 Å². The molecule has 8 nitrogen and oxygen atoms in total. The summed E-state index contributed by atoms with van der Waals surface area (Å²) in [6.45, 7) is 6.16. The van der Waals surface area contributed by atoms with Gasteiger partial charge in [0.05, 0.1) is 12.3 Å². The van der Waals surface area contributed by atoms with Crippen molar-refractivity contribution in [2.24, 2.45) is 0 Å². The van der Waals surface area contributed by atoms with Gasteiger partial charge in [0.15, 0.2) is 0 Å². The number of hydrogen-bond acceptors (Lipinski definition) is 7. The number of rotatable bonds is 7. The molecule has 0 radical (unpaired) electrons. The molecule has 190 valence electrons. The first-order valence-corrected chi connectivity index (χ1v) is 12.7. The molecule has 0 aliphatic heterocycles. The van der Waals surface area contributed by atoms with Crippen LogP contribution in [0.15, 0.2) is 46.7 Å². The first-order chi connectivity index (χ1) is 17.1. The van der Waals surface area contributed by atoms with E-state index in [4.69, 9.17) is 14.6 Å². The molecule has 0 fully saturated rings. The molecule has 2 aromatic heterocycles. The largest absolute Gasteiger partial charge is 0.486 e. The molecule has 0 saturated carbocycles. The van der Waals surface area contributed by atoms with Crippen molar-refractivity contribution in [3.8, 4) is 5.75 Å². The number of pyridine rings is 1. The third-order valence-corrected chi connectivity index (χ3v) is 6.50. The third-order valence-electron chi connectivity index (χ3n) is 5.63. The smallest absolute Gasteiger partial charge is 0.410 e. The normalized spacial score (nSPS) is 13.1. The highest BCUT2D eigenvalue weighted by molar-refractivity contribution is 7.09. The molecule has 0 atom stereocenters. The maximum absolute atomic E-state index is 12.8. The SMILES string of the molecule is CN(Cc1ccc2c(c1)CCC(n1ccc(OCc3nc(CO)cs3)cc1=O)=C2)C(=O)OC(C)(C)C. The van der Waals surface area contributed by atoms with Crippen LogP contribution in [-0.2, 0) is 30.9 Å². The van der Waals surface area contributed by atoms with E-state index in [0.717, 1.165) is 34.7 Å². The summed E-state index contributed by atoms with van der Waals surface area (Å²) in [7, 11) is 1.73. The van der Waals surface area contributed by atoms with Crippen molar-refractivity contribution in [1.82, 2.24) is 14.5 Å². The van der Waals surface area contributed by atoms with E-state index in [0.29, 0.717) is 18.0 Å². The van der Waals surface area contributed by atoms with Crippen LogP contribution in [0, 0.1) is 0 Å². The Hall–Kier alpha value is -3.43. The number of aryl methyl sites for hydroxylation is 1. The zero-order valence-corrected chi connectivity index (χ0v) is 21.8. The summed E-state index contributed by atoms with van der Waals surface area (Å²) in [6, 6.07) is 9.40. The van der Waals surface area contributed by atoms with Crippen LogP contribution in [0.3, 0.4) is 0 Å². The van der Waals surface area contributed by atoms with Crippen LogP contribution in [0.2, 0.25) is 0 Å². The number of aliphatic hydroxyl groups is 1. The van der Waals surface area contributed by atoms with E-state index in [1.807, 2.05) is 39.0 Å². The summed E-state index contributed by atoms with van der Waals surface area (Å²) >= 11 is 1.41. The standard InChI is InChI=1S/C27H31N3O5S/c1-27(2,3)35-26(33)29(4)14-18-5-6-20-12-22(8-7-19(20)11-18)30-10-9-23(13-25(30)32)34-16-24-28-21(15-31)17-36-24/h5-6,9-13,17,31H,7-8,14-16H2,1-4H3. The van der Waals surface area contributed by atoms with Gasteiger partial charge in [0.1, 0.15) is 23.0 Å². The fourth-order valence-corrected chi connectivity index (χ4v) is 4.61. The Balaban J connectivity index is 1.43. The maximum Gasteiger partial charge on any atom is 0.410 e. The van der Waals surface area contributed by atoms with Gasteiger partial charge in [0.25, 0.3) is 5.56 Å². The number of thiazole rings is 1. The molecule has 1 aromatic carbocycles. The predicted octanol–water partition coefficient (Wildman–Crippen LogP) is 4.69. The minimum absolute atomic E-state index is 0.102. The van der Waals surface area contributed by atoms with E-state index >= 15 is 0 Å². The van der Waals surface area contributed by atoms with Crippen LogP contribution >= 0.6 is 11.3 Å². The molecule has 0 bridgehead atoms. The van der Waals surface area contributed by atoms with Gasteiger partial charge in [-0.25, -0.2) is 9.78 Å². The lowest BCUT2D eigenvalue weighted by molar-refractivity contribution is 0.0285. The summed E-state index contributed by atoms with van der Waals surface area (Å²) in [4.78, 5) is 30.9. The number of hydrogen-bond donors (Lipinski definition) is 1. The van der Waals surface area contributed by atoms with Gasteiger partial charge in [-0.2, -0.15) is 0 Å². The van der Waals surface area contributed by atoms with Crippen LogP contribution in [-0.4, -0.2) is 38.3 Å². The molecule has 1 aliphatic rings. The van der Waals surface area contributed by atoms with Gasteiger partial charge in [0.2, 0.25) is 0 Å². The lowest BCUT2D eigenvalue weighted by Crippen LogP contribution is -2.33. The quantitative estimate of drug-likeness (QED) is 0.497. The molecular formula is C27H31N3O5S. The molecule has 0 unspecified atom stereocenters. The van der Waals surface area contributed by atoms with Gasteiger partial charge < -0.3 is 19.5 Å². The first-order valence-electron chi connectivity index (χ1n) is 11.8. The van der Waals surface area contributed by atoms with E-state index in [2.05, 4.69) is 11.1 Å². The average Bonchev–Trinajstić information content (AvgIpc) is 3.29. The highest BCUT2D eigenvalue weighted by Gasteiger charge is 2.20. The van der Waals surface area contributed by atoms with Crippen molar-refractivity contribution >= 4 is 29.2 Å². The van der Waals surface area contributed by atoms with Crippen molar-refractivity contribution in [3.63, 3.8) is 0 Å². The van der Waals surface area contributed by atoms with Crippen LogP contribution in [0.5, 0.6) is 5.75 Å². The van der Waals surface area contributed by atoms with Crippen LogP contribution in [0.1, 0.15) is 54.6 Å². The predicted molar refractivity (Wildman–Crippen MR) is 140 cm³/mol. The third kappa shape index (κ3) is 6.41. The average molecular weight is 510 g/mol. The van der Waals surface area contributed by atoms with Gasteiger partial charge in [0, 0.05) is 36.9 Å². The Morgan fingerprint density at radius 3 is 2.72 bits per heavy atom. The Labute approximate surface area is 214 Å². The fourth-order valence-electron chi connectivity index (χ4n) is 3.92. The number of carbonyl (C=O) groups excluding carboxylic acids is 1. The number of benzene rings is 1. The zero-order valence-electron chi connectivity index (χ0n) is 21.0. The van der Waals surface area contributed by atoms with Crippen molar-refractivity contribution in [2.45, 2.75) is 59.0 Å². The Bertz CT molecular complexity index is 1340. The number of carbonyl (C=O) groups is 1. The van der Waals surface area contributed by atoms with Crippen LogP contribution < -0.4 is 10.3 Å². The summed E-state index contributed by atoms with van der Waals surface area (Å²) in [5.41, 5.74) is 4.13. The molecule has 1 N–H and O–H groups in total. The molecular weight excluding hydrogens is 478 g/mol. The topological polar surface area (TPSA) is 93.9 Å². The second kappa shape index (κ2) is 10.7. The minimum Gasteiger partial charge on any atom is -0.486 e. The number of nitrogens with zero attached hydrogens (tertiary/aromatic N) is 3. The van der Waals surface area contributed by atoms with Gasteiger partial charge >= 0.3 is 6.09 Å². The van der Waals surface area contributed by atoms with Gasteiger partial charge in [-0.05, 0) is 62.4 Å². The highest BCUT2D eigenvalue weighted by Crippen LogP contribution is 2.28. The molecule has 0 spiro atoms. The number of aromatic nitrogens is 2. The molecule has 1 aliphatic carbocycles. The second-order valence-electron chi connectivity index (χ2n) is 9.76. The van der Waals surface area contributed by atoms with E-state index in [9.17, 15) is 9.59 Å². The summed E-state index contributed by atoms with van der Waals surface area (Å²) in [5.74, 6) is 0.479. The maximum atomic E-state index is 12.8. The summed E-state index contributed by atoms with van der Waals surface area (Å²) in [6.07, 6.45) is 4.94. The molecule has 4 rings (SSSR count). The monoisotopic (exact) mass is 509 g/mol. The van der Waals surface area contributed by atoms with Gasteiger partial charge in [-0.15, -0.1) is 11.3 Å². The number of aliphatic hydroxyl groups excluding tert-OH is 1. The lowest BCUT2D eigenvalue weighted by Gasteiger charge is -2.25. The molecule has 36 heavy (non-hydrogen) atoms. The minimum atomic E-state index is -0.531. The molecule has 2 heterocycles. The molecule has 9 heteroatoms. The number of allylic oxidation sites excluding steroid dienone is 1. The molecule has 1 amide bonds. The second-order valence-corrected chi connectivity index (χ2v) is 10.7. The Morgan fingerprint density at radius 2 is 2.03 bits per heavy atom. The van der Waals surface area contributed by atoms with E-state index in [-0.39, 0.29) is 24.9 Å². The molecule has 0 saturated heterocycles. The van der Waals surface area contributed by atoms with Crippen molar-refractivity contribution in [3.05, 3.63) is 79.7 Å². The Morgan fingerprint density at radius 1 is 1.22 bits per heavy atom. The van der Waals surface area contributed by atoms with Crippen molar-refractivity contribution < 1.29 is 19.4 Å². The zero-order chi connectivity index (χ0) is 25.9.